The fraction of sp³-hybridized carbons (Fsp3) is 0.529. The van der Waals surface area contributed by atoms with Crippen LogP contribution in [-0.4, -0.2) is 37.7 Å². The smallest absolute Gasteiger partial charge is 0.319 e. The van der Waals surface area contributed by atoms with Crippen LogP contribution in [0.4, 0.5) is 10.5 Å². The summed E-state index contributed by atoms with van der Waals surface area (Å²) in [5, 5.41) is 8.25. The zero-order valence-corrected chi connectivity index (χ0v) is 14.3. The normalized spacial score (nSPS) is 17.7. The Labute approximate surface area is 142 Å². The van der Waals surface area contributed by atoms with Crippen LogP contribution in [0.5, 0.6) is 11.5 Å². The molecule has 1 aliphatic heterocycles. The lowest BCUT2D eigenvalue weighted by molar-refractivity contribution is -0.122. The van der Waals surface area contributed by atoms with Crippen molar-refractivity contribution in [3.05, 3.63) is 18.2 Å². The Morgan fingerprint density at radius 1 is 1.33 bits per heavy atom. The van der Waals surface area contributed by atoms with E-state index >= 15 is 0 Å². The molecule has 0 unspecified atom stereocenters. The molecule has 3 N–H and O–H groups in total. The van der Waals surface area contributed by atoms with Gasteiger partial charge >= 0.3 is 6.03 Å². The van der Waals surface area contributed by atoms with E-state index in [1.165, 1.54) is 0 Å². The number of nitrogens with one attached hydrogen (secondary N) is 3. The van der Waals surface area contributed by atoms with E-state index in [9.17, 15) is 9.59 Å². The Bertz CT molecular complexity index is 589. The molecule has 2 rings (SSSR count). The SMILES string of the molecule is COc1ccc(OC(C)C)c(NC(=O)N[C@H]2CCCCNC2=O)c1. The third-order valence-corrected chi connectivity index (χ3v) is 3.64. The molecule has 0 saturated carbocycles. The summed E-state index contributed by atoms with van der Waals surface area (Å²) >= 11 is 0. The number of carbonyl (C=O) groups excluding carboxylic acids is 2. The molecule has 132 valence electrons. The van der Waals surface area contributed by atoms with Crippen molar-refractivity contribution in [3.63, 3.8) is 0 Å². The zero-order valence-electron chi connectivity index (χ0n) is 14.3. The van der Waals surface area contributed by atoms with Gasteiger partial charge in [-0.3, -0.25) is 4.79 Å². The van der Waals surface area contributed by atoms with Gasteiger partial charge in [-0.25, -0.2) is 4.79 Å². The van der Waals surface area contributed by atoms with Crippen LogP contribution in [0.25, 0.3) is 0 Å². The van der Waals surface area contributed by atoms with Crippen LogP contribution in [0, 0.1) is 0 Å². The highest BCUT2D eigenvalue weighted by Gasteiger charge is 2.22. The maximum absolute atomic E-state index is 12.3. The molecule has 3 amide bonds. The first-order valence-electron chi connectivity index (χ1n) is 8.19. The van der Waals surface area contributed by atoms with Crippen LogP contribution in [0.2, 0.25) is 0 Å². The van der Waals surface area contributed by atoms with Gasteiger partial charge in [-0.2, -0.15) is 0 Å². The second-order valence-electron chi connectivity index (χ2n) is 5.97. The third-order valence-electron chi connectivity index (χ3n) is 3.64. The highest BCUT2D eigenvalue weighted by Crippen LogP contribution is 2.30. The minimum absolute atomic E-state index is 0.0327. The molecule has 7 nitrogen and oxygen atoms in total. The van der Waals surface area contributed by atoms with E-state index in [1.54, 1.807) is 25.3 Å². The number of carbonyl (C=O) groups is 2. The van der Waals surface area contributed by atoms with Crippen molar-refractivity contribution in [1.29, 1.82) is 0 Å². The van der Waals surface area contributed by atoms with Gasteiger partial charge in [0.15, 0.2) is 0 Å². The van der Waals surface area contributed by atoms with E-state index in [1.807, 2.05) is 13.8 Å². The summed E-state index contributed by atoms with van der Waals surface area (Å²) in [6, 6.07) is 4.23. The topological polar surface area (TPSA) is 88.7 Å². The summed E-state index contributed by atoms with van der Waals surface area (Å²) in [6.45, 7) is 4.47. The van der Waals surface area contributed by atoms with Gasteiger partial charge < -0.3 is 25.4 Å². The number of rotatable bonds is 5. The van der Waals surface area contributed by atoms with Gasteiger partial charge in [-0.05, 0) is 45.2 Å². The standard InChI is InChI=1S/C17H25N3O4/c1-11(2)24-15-8-7-12(23-3)10-14(15)20-17(22)19-13-6-4-5-9-18-16(13)21/h7-8,10-11,13H,4-6,9H2,1-3H3,(H,18,21)(H2,19,20,22)/t13-/m0/s1. The van der Waals surface area contributed by atoms with Gasteiger partial charge in [-0.1, -0.05) is 0 Å². The number of anilines is 1. The predicted octanol–water partition coefficient (Wildman–Crippen LogP) is 2.27. The van der Waals surface area contributed by atoms with Crippen molar-refractivity contribution in [2.75, 3.05) is 19.0 Å². The zero-order chi connectivity index (χ0) is 17.5. The lowest BCUT2D eigenvalue weighted by Crippen LogP contribution is -2.47. The Kier molecular flexibility index (Phi) is 6.28. The van der Waals surface area contributed by atoms with Gasteiger partial charge in [0.05, 0.1) is 18.9 Å². The molecule has 7 heteroatoms. The lowest BCUT2D eigenvalue weighted by atomic mass is 10.1. The van der Waals surface area contributed by atoms with E-state index in [2.05, 4.69) is 16.0 Å². The largest absolute Gasteiger partial charge is 0.497 e. The number of hydrogen-bond acceptors (Lipinski definition) is 4. The fourth-order valence-electron chi connectivity index (χ4n) is 2.48. The highest BCUT2D eigenvalue weighted by molar-refractivity contribution is 5.95. The second kappa shape index (κ2) is 8.42. The average molecular weight is 335 g/mol. The third kappa shape index (κ3) is 5.04. The first-order chi connectivity index (χ1) is 11.5. The Morgan fingerprint density at radius 3 is 2.83 bits per heavy atom. The van der Waals surface area contributed by atoms with E-state index in [0.29, 0.717) is 30.2 Å². The Balaban J connectivity index is 2.07. The van der Waals surface area contributed by atoms with E-state index in [4.69, 9.17) is 9.47 Å². The molecule has 1 aliphatic rings. The van der Waals surface area contributed by atoms with Gasteiger partial charge in [0.25, 0.3) is 0 Å². The minimum Gasteiger partial charge on any atom is -0.497 e. The minimum atomic E-state index is -0.521. The van der Waals surface area contributed by atoms with Crippen molar-refractivity contribution >= 4 is 17.6 Å². The molecule has 1 heterocycles. The summed E-state index contributed by atoms with van der Waals surface area (Å²) in [6.07, 6.45) is 2.42. The van der Waals surface area contributed by atoms with E-state index < -0.39 is 12.1 Å². The van der Waals surface area contributed by atoms with Crippen LogP contribution in [0.1, 0.15) is 33.1 Å². The molecule has 0 bridgehead atoms. The van der Waals surface area contributed by atoms with Gasteiger partial charge in [0, 0.05) is 12.6 Å². The Morgan fingerprint density at radius 2 is 2.12 bits per heavy atom. The predicted molar refractivity (Wildman–Crippen MR) is 91.6 cm³/mol. The van der Waals surface area contributed by atoms with Gasteiger partial charge in [0.1, 0.15) is 17.5 Å². The van der Waals surface area contributed by atoms with Crippen LogP contribution >= 0.6 is 0 Å². The molecule has 24 heavy (non-hydrogen) atoms. The van der Waals surface area contributed by atoms with E-state index in [-0.39, 0.29) is 12.0 Å². The second-order valence-corrected chi connectivity index (χ2v) is 5.97. The molecule has 0 radical (unpaired) electrons. The molecular weight excluding hydrogens is 310 g/mol. The van der Waals surface area contributed by atoms with Crippen LogP contribution in [0.3, 0.4) is 0 Å². The molecule has 0 spiro atoms. The summed E-state index contributed by atoms with van der Waals surface area (Å²) in [5.74, 6) is 1.01. The fourth-order valence-corrected chi connectivity index (χ4v) is 2.48. The first-order valence-corrected chi connectivity index (χ1v) is 8.19. The molecule has 1 saturated heterocycles. The maximum Gasteiger partial charge on any atom is 0.319 e. The summed E-state index contributed by atoms with van der Waals surface area (Å²) in [7, 11) is 1.55. The molecule has 1 fully saturated rings. The number of methoxy groups -OCH3 is 1. The average Bonchev–Trinajstić information content (AvgIpc) is 2.73. The maximum atomic E-state index is 12.3. The molecule has 0 aliphatic carbocycles. The molecule has 1 atom stereocenters. The van der Waals surface area contributed by atoms with Crippen molar-refractivity contribution in [1.82, 2.24) is 10.6 Å². The number of urea groups is 1. The summed E-state index contributed by atoms with van der Waals surface area (Å²) in [4.78, 5) is 24.2. The van der Waals surface area contributed by atoms with Crippen LogP contribution in [-0.2, 0) is 4.79 Å². The molecule has 1 aromatic rings. The Hall–Kier alpha value is -2.44. The number of amides is 3. The van der Waals surface area contributed by atoms with Crippen molar-refractivity contribution in [3.8, 4) is 11.5 Å². The number of benzene rings is 1. The molecular formula is C17H25N3O4. The van der Waals surface area contributed by atoms with Crippen LogP contribution < -0.4 is 25.4 Å². The van der Waals surface area contributed by atoms with Crippen LogP contribution in [0.15, 0.2) is 18.2 Å². The van der Waals surface area contributed by atoms with Gasteiger partial charge in [-0.15, -0.1) is 0 Å². The lowest BCUT2D eigenvalue weighted by Gasteiger charge is -2.18. The van der Waals surface area contributed by atoms with Crippen molar-refractivity contribution in [2.45, 2.75) is 45.3 Å². The quantitative estimate of drug-likeness (QED) is 0.770. The number of hydrogen-bond donors (Lipinski definition) is 3. The molecule has 0 aromatic heterocycles. The highest BCUT2D eigenvalue weighted by atomic mass is 16.5. The van der Waals surface area contributed by atoms with E-state index in [0.717, 1.165) is 12.8 Å². The molecule has 1 aromatic carbocycles. The first kappa shape index (κ1) is 17.9. The summed E-state index contributed by atoms with van der Waals surface area (Å²) in [5.41, 5.74) is 0.495. The summed E-state index contributed by atoms with van der Waals surface area (Å²) < 4.78 is 10.9. The number of ether oxygens (including phenoxy) is 2. The van der Waals surface area contributed by atoms with Gasteiger partial charge in [0.2, 0.25) is 5.91 Å². The van der Waals surface area contributed by atoms with Crippen molar-refractivity contribution in [2.24, 2.45) is 0 Å². The monoisotopic (exact) mass is 335 g/mol. The van der Waals surface area contributed by atoms with Crippen molar-refractivity contribution < 1.29 is 19.1 Å².